The average Bonchev–Trinajstić information content (AvgIpc) is 3.20. The Kier molecular flexibility index (Phi) is 7.39. The van der Waals surface area contributed by atoms with Crippen molar-refractivity contribution in [2.24, 2.45) is 0 Å². The van der Waals surface area contributed by atoms with E-state index in [0.717, 1.165) is 21.4 Å². The molecule has 0 aliphatic carbocycles. The number of imidazole rings is 1. The number of nitrogens with one attached hydrogen (secondary N) is 1. The summed E-state index contributed by atoms with van der Waals surface area (Å²) < 4.78 is 2.03. The second-order valence-corrected chi connectivity index (χ2v) is 8.53. The third kappa shape index (κ3) is 5.43. The van der Waals surface area contributed by atoms with E-state index in [-0.39, 0.29) is 11.7 Å². The van der Waals surface area contributed by atoms with E-state index >= 15 is 0 Å². The molecule has 3 aromatic rings. The van der Waals surface area contributed by atoms with Gasteiger partial charge < -0.3 is 5.32 Å². The number of rotatable bonds is 8. The molecule has 0 saturated carbocycles. The molecule has 0 spiro atoms. The Morgan fingerprint density at radius 1 is 1.17 bits per heavy atom. The molecule has 0 fully saturated rings. The van der Waals surface area contributed by atoms with Gasteiger partial charge in [0, 0.05) is 17.3 Å². The average molecular weight is 423 g/mol. The lowest BCUT2D eigenvalue weighted by atomic mass is 10.0. The van der Waals surface area contributed by atoms with Crippen LogP contribution >= 0.6 is 23.5 Å². The van der Waals surface area contributed by atoms with Crippen molar-refractivity contribution in [3.8, 4) is 11.8 Å². The Balaban J connectivity index is 1.69. The highest BCUT2D eigenvalue weighted by atomic mass is 32.2. The molecule has 1 N–H and O–H groups in total. The standard InChI is InChI=1S/C22H22N4OS2/c1-16(2)17-7-3-5-9-19(17)26-13-12-24-22(26)29-15-21(27)25-18-8-4-6-10-20(18)28-14-11-23/h3-10,12-13,16H,14-15H2,1-2H3,(H,25,27). The second-order valence-electron chi connectivity index (χ2n) is 6.57. The van der Waals surface area contributed by atoms with Crippen LogP contribution in [-0.2, 0) is 4.79 Å². The lowest BCUT2D eigenvalue weighted by Crippen LogP contribution is -2.15. The molecule has 1 amide bonds. The molecule has 0 saturated heterocycles. The maximum atomic E-state index is 12.5. The Morgan fingerprint density at radius 2 is 1.93 bits per heavy atom. The molecular weight excluding hydrogens is 400 g/mol. The normalized spacial score (nSPS) is 10.7. The minimum Gasteiger partial charge on any atom is -0.324 e. The monoisotopic (exact) mass is 422 g/mol. The van der Waals surface area contributed by atoms with E-state index in [0.29, 0.717) is 11.7 Å². The zero-order chi connectivity index (χ0) is 20.6. The Hall–Kier alpha value is -2.69. The molecule has 2 aromatic carbocycles. The number of carbonyl (C=O) groups excluding carboxylic acids is 1. The predicted molar refractivity (Wildman–Crippen MR) is 120 cm³/mol. The minimum atomic E-state index is -0.105. The molecule has 0 aliphatic heterocycles. The van der Waals surface area contributed by atoms with Gasteiger partial charge in [-0.2, -0.15) is 5.26 Å². The summed E-state index contributed by atoms with van der Waals surface area (Å²) in [5.41, 5.74) is 3.05. The molecule has 0 atom stereocenters. The molecule has 5 nitrogen and oxygen atoms in total. The lowest BCUT2D eigenvalue weighted by molar-refractivity contribution is -0.113. The molecule has 148 valence electrons. The molecule has 7 heteroatoms. The maximum Gasteiger partial charge on any atom is 0.234 e. The number of thioether (sulfide) groups is 2. The molecule has 0 radical (unpaired) electrons. The van der Waals surface area contributed by atoms with Gasteiger partial charge in [0.25, 0.3) is 0 Å². The van der Waals surface area contributed by atoms with Crippen LogP contribution in [0.3, 0.4) is 0 Å². The summed E-state index contributed by atoms with van der Waals surface area (Å²) in [6, 6.07) is 17.9. The van der Waals surface area contributed by atoms with Crippen molar-refractivity contribution in [2.45, 2.75) is 29.8 Å². The Bertz CT molecular complexity index is 1020. The smallest absolute Gasteiger partial charge is 0.234 e. The zero-order valence-electron chi connectivity index (χ0n) is 16.3. The van der Waals surface area contributed by atoms with Crippen LogP contribution in [0.2, 0.25) is 0 Å². The van der Waals surface area contributed by atoms with Gasteiger partial charge in [-0.3, -0.25) is 9.36 Å². The quantitative estimate of drug-likeness (QED) is 0.496. The number of nitriles is 1. The fraction of sp³-hybridized carbons (Fsp3) is 0.227. The molecule has 1 aromatic heterocycles. The van der Waals surface area contributed by atoms with Crippen LogP contribution in [0.1, 0.15) is 25.3 Å². The number of amides is 1. The summed E-state index contributed by atoms with van der Waals surface area (Å²) in [6.45, 7) is 4.33. The number of para-hydroxylation sites is 2. The number of carbonyl (C=O) groups is 1. The number of nitrogens with zero attached hydrogens (tertiary/aromatic N) is 3. The molecule has 3 rings (SSSR count). The van der Waals surface area contributed by atoms with Crippen molar-refractivity contribution >= 4 is 35.1 Å². The molecule has 0 bridgehead atoms. The van der Waals surface area contributed by atoms with Crippen molar-refractivity contribution in [3.05, 3.63) is 66.5 Å². The van der Waals surface area contributed by atoms with E-state index in [1.54, 1.807) is 6.20 Å². The largest absolute Gasteiger partial charge is 0.324 e. The highest BCUT2D eigenvalue weighted by Gasteiger charge is 2.14. The molecule has 29 heavy (non-hydrogen) atoms. The van der Waals surface area contributed by atoms with Gasteiger partial charge in [-0.25, -0.2) is 4.98 Å². The van der Waals surface area contributed by atoms with Crippen LogP contribution in [0, 0.1) is 11.3 Å². The lowest BCUT2D eigenvalue weighted by Gasteiger charge is -2.15. The number of anilines is 1. The van der Waals surface area contributed by atoms with Crippen LogP contribution in [0.15, 0.2) is 71.0 Å². The third-order valence-corrected chi connectivity index (χ3v) is 6.12. The molecular formula is C22H22N4OS2. The predicted octanol–water partition coefficient (Wildman–Crippen LogP) is 5.34. The molecule has 0 aliphatic rings. The first-order valence-corrected chi connectivity index (χ1v) is 11.2. The summed E-state index contributed by atoms with van der Waals surface area (Å²) in [5, 5.41) is 12.5. The van der Waals surface area contributed by atoms with E-state index in [2.05, 4.69) is 42.4 Å². The third-order valence-electron chi connectivity index (χ3n) is 4.21. The Labute approximate surface area is 179 Å². The van der Waals surface area contributed by atoms with Crippen LogP contribution < -0.4 is 5.32 Å². The fourth-order valence-corrected chi connectivity index (χ4v) is 4.33. The van der Waals surface area contributed by atoms with Gasteiger partial charge in [0.1, 0.15) is 0 Å². The van der Waals surface area contributed by atoms with E-state index < -0.39 is 0 Å². The SMILES string of the molecule is CC(C)c1ccccc1-n1ccnc1SCC(=O)Nc1ccccc1SCC#N. The van der Waals surface area contributed by atoms with Crippen molar-refractivity contribution in [1.82, 2.24) is 9.55 Å². The van der Waals surface area contributed by atoms with Crippen LogP contribution in [0.4, 0.5) is 5.69 Å². The van der Waals surface area contributed by atoms with E-state index in [1.807, 2.05) is 47.2 Å². The zero-order valence-corrected chi connectivity index (χ0v) is 18.0. The van der Waals surface area contributed by atoms with Gasteiger partial charge in [0.2, 0.25) is 5.91 Å². The Morgan fingerprint density at radius 3 is 2.72 bits per heavy atom. The first-order valence-electron chi connectivity index (χ1n) is 9.24. The van der Waals surface area contributed by atoms with Crippen molar-refractivity contribution in [2.75, 3.05) is 16.8 Å². The number of hydrogen-bond donors (Lipinski definition) is 1. The summed E-state index contributed by atoms with van der Waals surface area (Å²) >= 11 is 2.81. The van der Waals surface area contributed by atoms with Gasteiger partial charge >= 0.3 is 0 Å². The van der Waals surface area contributed by atoms with Crippen molar-refractivity contribution < 1.29 is 4.79 Å². The molecule has 1 heterocycles. The minimum absolute atomic E-state index is 0.105. The van der Waals surface area contributed by atoms with Gasteiger partial charge in [0.15, 0.2) is 5.16 Å². The van der Waals surface area contributed by atoms with E-state index in [4.69, 9.17) is 5.26 Å². The van der Waals surface area contributed by atoms with Crippen LogP contribution in [0.5, 0.6) is 0 Å². The van der Waals surface area contributed by atoms with Crippen LogP contribution in [0.25, 0.3) is 5.69 Å². The first kappa shape index (κ1) is 21.0. The topological polar surface area (TPSA) is 70.7 Å². The van der Waals surface area contributed by atoms with Gasteiger partial charge in [-0.15, -0.1) is 11.8 Å². The fourth-order valence-electron chi connectivity index (χ4n) is 2.90. The van der Waals surface area contributed by atoms with E-state index in [9.17, 15) is 4.79 Å². The number of aromatic nitrogens is 2. The number of benzene rings is 2. The maximum absolute atomic E-state index is 12.5. The van der Waals surface area contributed by atoms with Crippen LogP contribution in [-0.4, -0.2) is 27.0 Å². The summed E-state index contributed by atoms with van der Waals surface area (Å²) in [6.07, 6.45) is 3.68. The van der Waals surface area contributed by atoms with Gasteiger partial charge in [-0.1, -0.05) is 55.9 Å². The van der Waals surface area contributed by atoms with Gasteiger partial charge in [0.05, 0.1) is 28.9 Å². The van der Waals surface area contributed by atoms with Gasteiger partial charge in [-0.05, 0) is 29.7 Å². The summed E-state index contributed by atoms with van der Waals surface area (Å²) in [5.74, 6) is 0.871. The summed E-state index contributed by atoms with van der Waals surface area (Å²) in [7, 11) is 0. The van der Waals surface area contributed by atoms with Crippen molar-refractivity contribution in [3.63, 3.8) is 0 Å². The highest BCUT2D eigenvalue weighted by Crippen LogP contribution is 2.29. The van der Waals surface area contributed by atoms with Crippen molar-refractivity contribution in [1.29, 1.82) is 5.26 Å². The van der Waals surface area contributed by atoms with E-state index in [1.165, 1.54) is 29.1 Å². The highest BCUT2D eigenvalue weighted by molar-refractivity contribution is 8.00. The number of hydrogen-bond acceptors (Lipinski definition) is 5. The summed E-state index contributed by atoms with van der Waals surface area (Å²) in [4.78, 5) is 17.8. The first-order chi connectivity index (χ1) is 14.1. The molecule has 0 unspecified atom stereocenters. The second kappa shape index (κ2) is 10.2.